The van der Waals surface area contributed by atoms with Crippen molar-refractivity contribution >= 4 is 23.2 Å². The van der Waals surface area contributed by atoms with E-state index in [9.17, 15) is 4.79 Å². The standard InChI is InChI=1S/C12H12ClNO.C4H10N2/c1-3-10(2)14(12(15)9-13)11-7-5-4-6-8-11;1-2-6-4-3-5-1/h1,4-8,10H,9H2,2H3;5-6H,1-4H2. The number of para-hydroxylation sites is 1. The second kappa shape index (κ2) is 10.2. The molecule has 1 aromatic rings. The van der Waals surface area contributed by atoms with E-state index in [0.717, 1.165) is 31.9 Å². The molecule has 1 heterocycles. The fourth-order valence-electron chi connectivity index (χ4n) is 1.91. The fourth-order valence-corrected chi connectivity index (χ4v) is 2.04. The minimum Gasteiger partial charge on any atom is -0.314 e. The Balaban J connectivity index is 0.000000304. The zero-order valence-corrected chi connectivity index (χ0v) is 13.1. The van der Waals surface area contributed by atoms with Crippen LogP contribution in [0.3, 0.4) is 0 Å². The lowest BCUT2D eigenvalue weighted by Crippen LogP contribution is -2.39. The number of nitrogens with zero attached hydrogens (tertiary/aromatic N) is 1. The van der Waals surface area contributed by atoms with Crippen molar-refractivity contribution in [2.24, 2.45) is 0 Å². The molecular formula is C16H22ClN3O. The summed E-state index contributed by atoms with van der Waals surface area (Å²) in [6, 6.07) is 8.96. The average molecular weight is 308 g/mol. The summed E-state index contributed by atoms with van der Waals surface area (Å²) in [5.41, 5.74) is 0.772. The Kier molecular flexibility index (Phi) is 8.53. The minimum absolute atomic E-state index is 0.0685. The van der Waals surface area contributed by atoms with Gasteiger partial charge in [-0.1, -0.05) is 24.1 Å². The Morgan fingerprint density at radius 1 is 1.29 bits per heavy atom. The van der Waals surface area contributed by atoms with E-state index in [0.29, 0.717) is 0 Å². The lowest BCUT2D eigenvalue weighted by molar-refractivity contribution is -0.116. The number of carbonyl (C=O) groups is 1. The normalized spacial score (nSPS) is 15.1. The summed E-state index contributed by atoms with van der Waals surface area (Å²) in [5, 5.41) is 6.44. The third kappa shape index (κ3) is 6.17. The lowest BCUT2D eigenvalue weighted by atomic mass is 10.2. The van der Waals surface area contributed by atoms with Gasteiger partial charge in [0, 0.05) is 31.9 Å². The van der Waals surface area contributed by atoms with Gasteiger partial charge in [-0.25, -0.2) is 0 Å². The first-order valence-electron chi connectivity index (χ1n) is 7.01. The number of hydrogen-bond acceptors (Lipinski definition) is 3. The molecule has 1 unspecified atom stereocenters. The van der Waals surface area contributed by atoms with Gasteiger partial charge in [-0.15, -0.1) is 18.0 Å². The van der Waals surface area contributed by atoms with Gasteiger partial charge in [0.25, 0.3) is 0 Å². The van der Waals surface area contributed by atoms with Crippen LogP contribution in [-0.4, -0.2) is 44.0 Å². The van der Waals surface area contributed by atoms with E-state index in [-0.39, 0.29) is 17.8 Å². The smallest absolute Gasteiger partial charge is 0.242 e. The Morgan fingerprint density at radius 3 is 2.19 bits per heavy atom. The van der Waals surface area contributed by atoms with Crippen molar-refractivity contribution in [1.82, 2.24) is 10.6 Å². The van der Waals surface area contributed by atoms with E-state index >= 15 is 0 Å². The predicted octanol–water partition coefficient (Wildman–Crippen LogP) is 1.46. The van der Waals surface area contributed by atoms with Crippen LogP contribution in [0.4, 0.5) is 5.69 Å². The van der Waals surface area contributed by atoms with Gasteiger partial charge in [0.05, 0.1) is 6.04 Å². The molecule has 1 fully saturated rings. The van der Waals surface area contributed by atoms with Crippen molar-refractivity contribution in [3.05, 3.63) is 30.3 Å². The van der Waals surface area contributed by atoms with Crippen molar-refractivity contribution in [1.29, 1.82) is 0 Å². The van der Waals surface area contributed by atoms with Crippen LogP contribution in [0, 0.1) is 12.3 Å². The van der Waals surface area contributed by atoms with Gasteiger partial charge < -0.3 is 10.6 Å². The van der Waals surface area contributed by atoms with Crippen LogP contribution in [0.25, 0.3) is 0 Å². The number of hydrogen-bond donors (Lipinski definition) is 2. The quantitative estimate of drug-likeness (QED) is 0.656. The SMILES string of the molecule is C#CC(C)N(C(=O)CCl)c1ccccc1.C1CNCCN1. The molecule has 2 N–H and O–H groups in total. The van der Waals surface area contributed by atoms with Gasteiger partial charge in [0.2, 0.25) is 5.91 Å². The average Bonchev–Trinajstić information content (AvgIpc) is 2.57. The zero-order valence-electron chi connectivity index (χ0n) is 12.3. The number of amides is 1. The molecule has 1 aliphatic rings. The Labute approximate surface area is 131 Å². The maximum absolute atomic E-state index is 11.6. The highest BCUT2D eigenvalue weighted by molar-refractivity contribution is 6.29. The first-order chi connectivity index (χ1) is 10.2. The molecule has 0 aromatic heterocycles. The van der Waals surface area contributed by atoms with Gasteiger partial charge >= 0.3 is 0 Å². The number of terminal acetylenes is 1. The second-order valence-electron chi connectivity index (χ2n) is 4.58. The summed E-state index contributed by atoms with van der Waals surface area (Å²) < 4.78 is 0. The van der Waals surface area contributed by atoms with Crippen molar-refractivity contribution in [2.75, 3.05) is 37.0 Å². The van der Waals surface area contributed by atoms with E-state index in [1.807, 2.05) is 30.3 Å². The van der Waals surface area contributed by atoms with Crippen LogP contribution in [-0.2, 0) is 4.79 Å². The third-order valence-corrected chi connectivity index (χ3v) is 3.23. The molecule has 0 aliphatic carbocycles. The lowest BCUT2D eigenvalue weighted by Gasteiger charge is -2.25. The van der Waals surface area contributed by atoms with E-state index in [1.165, 1.54) is 4.90 Å². The molecule has 114 valence electrons. The van der Waals surface area contributed by atoms with Crippen LogP contribution >= 0.6 is 11.6 Å². The van der Waals surface area contributed by atoms with Crippen molar-refractivity contribution in [3.8, 4) is 12.3 Å². The Hall–Kier alpha value is -1.54. The highest BCUT2D eigenvalue weighted by atomic mass is 35.5. The highest BCUT2D eigenvalue weighted by Gasteiger charge is 2.18. The number of anilines is 1. The van der Waals surface area contributed by atoms with Gasteiger partial charge in [-0.3, -0.25) is 9.69 Å². The molecule has 21 heavy (non-hydrogen) atoms. The fraction of sp³-hybridized carbons (Fsp3) is 0.438. The van der Waals surface area contributed by atoms with E-state index < -0.39 is 0 Å². The molecule has 2 rings (SSSR count). The first-order valence-corrected chi connectivity index (χ1v) is 7.54. The molecule has 0 radical (unpaired) electrons. The molecule has 1 atom stereocenters. The van der Waals surface area contributed by atoms with Gasteiger partial charge in [-0.05, 0) is 19.1 Å². The van der Waals surface area contributed by atoms with Crippen LogP contribution in [0.2, 0.25) is 0 Å². The maximum Gasteiger partial charge on any atom is 0.242 e. The molecule has 0 spiro atoms. The maximum atomic E-state index is 11.6. The van der Waals surface area contributed by atoms with Crippen LogP contribution < -0.4 is 15.5 Å². The van der Waals surface area contributed by atoms with Gasteiger partial charge in [-0.2, -0.15) is 0 Å². The number of carbonyl (C=O) groups excluding carboxylic acids is 1. The van der Waals surface area contributed by atoms with Crippen LogP contribution in [0.1, 0.15) is 6.92 Å². The Bertz CT molecular complexity index is 443. The number of rotatable bonds is 3. The van der Waals surface area contributed by atoms with E-state index in [2.05, 4.69) is 16.6 Å². The number of benzene rings is 1. The molecule has 0 saturated carbocycles. The number of alkyl halides is 1. The Morgan fingerprint density at radius 2 is 1.81 bits per heavy atom. The highest BCUT2D eigenvalue weighted by Crippen LogP contribution is 2.16. The molecule has 1 aromatic carbocycles. The zero-order chi connectivity index (χ0) is 15.5. The molecule has 1 amide bonds. The van der Waals surface area contributed by atoms with Gasteiger partial charge in [0.15, 0.2) is 0 Å². The summed E-state index contributed by atoms with van der Waals surface area (Å²) in [6.45, 7) is 6.34. The molecule has 0 bridgehead atoms. The van der Waals surface area contributed by atoms with Crippen molar-refractivity contribution in [2.45, 2.75) is 13.0 Å². The topological polar surface area (TPSA) is 44.4 Å². The van der Waals surface area contributed by atoms with E-state index in [1.54, 1.807) is 6.92 Å². The van der Waals surface area contributed by atoms with Crippen molar-refractivity contribution in [3.63, 3.8) is 0 Å². The van der Waals surface area contributed by atoms with Crippen LogP contribution in [0.5, 0.6) is 0 Å². The summed E-state index contributed by atoms with van der Waals surface area (Å²) >= 11 is 5.54. The number of nitrogens with one attached hydrogen (secondary N) is 2. The molecule has 1 saturated heterocycles. The summed E-state index contributed by atoms with van der Waals surface area (Å²) in [5.74, 6) is 2.27. The minimum atomic E-state index is -0.293. The predicted molar refractivity (Wildman–Crippen MR) is 88.7 cm³/mol. The second-order valence-corrected chi connectivity index (χ2v) is 4.84. The third-order valence-electron chi connectivity index (χ3n) is 3.00. The van der Waals surface area contributed by atoms with Gasteiger partial charge in [0.1, 0.15) is 5.88 Å². The van der Waals surface area contributed by atoms with Crippen molar-refractivity contribution < 1.29 is 4.79 Å². The molecule has 4 nitrogen and oxygen atoms in total. The molecule has 5 heteroatoms. The number of halogens is 1. The summed E-state index contributed by atoms with van der Waals surface area (Å²) in [4.78, 5) is 13.1. The molecular weight excluding hydrogens is 286 g/mol. The molecule has 1 aliphatic heterocycles. The summed E-state index contributed by atoms with van der Waals surface area (Å²) in [7, 11) is 0. The first kappa shape index (κ1) is 17.5. The summed E-state index contributed by atoms with van der Waals surface area (Å²) in [6.07, 6.45) is 5.32. The number of piperazine rings is 1. The van der Waals surface area contributed by atoms with Crippen LogP contribution in [0.15, 0.2) is 30.3 Å². The monoisotopic (exact) mass is 307 g/mol. The largest absolute Gasteiger partial charge is 0.314 e. The van der Waals surface area contributed by atoms with E-state index in [4.69, 9.17) is 18.0 Å².